The van der Waals surface area contributed by atoms with Crippen molar-refractivity contribution in [2.75, 3.05) is 19.7 Å². The molecule has 3 nitrogen and oxygen atoms in total. The molecule has 0 aromatic heterocycles. The molecular weight excluding hydrogens is 171 g/mol. The summed E-state index contributed by atoms with van der Waals surface area (Å²) in [7, 11) is 2.55. The van der Waals surface area contributed by atoms with E-state index in [9.17, 15) is 0 Å². The van der Waals surface area contributed by atoms with E-state index >= 15 is 0 Å². The average Bonchev–Trinajstić information content (AvgIpc) is 2.07. The standard InChI is InChI=1S/C6H9N2OP.C2H6/c1-7-6(4-9)5-2-8(10)3-5;1-2/h9H,2-4,10H2;1-2H3. The Hall–Kier alpha value is -0.420. The van der Waals surface area contributed by atoms with E-state index in [-0.39, 0.29) is 6.61 Å². The summed E-state index contributed by atoms with van der Waals surface area (Å²) >= 11 is 0. The molecule has 1 fully saturated rings. The summed E-state index contributed by atoms with van der Waals surface area (Å²) in [4.78, 5) is 3.21. The Labute approximate surface area is 76.1 Å². The van der Waals surface area contributed by atoms with Gasteiger partial charge in [0.25, 0.3) is 0 Å². The van der Waals surface area contributed by atoms with Crippen LogP contribution in [0.15, 0.2) is 11.3 Å². The van der Waals surface area contributed by atoms with Gasteiger partial charge in [0.2, 0.25) is 0 Å². The molecule has 1 atom stereocenters. The van der Waals surface area contributed by atoms with Crippen LogP contribution in [0, 0.1) is 6.57 Å². The topological polar surface area (TPSA) is 27.8 Å². The molecule has 4 heteroatoms. The van der Waals surface area contributed by atoms with E-state index < -0.39 is 0 Å². The molecule has 1 saturated heterocycles. The van der Waals surface area contributed by atoms with E-state index in [0.29, 0.717) is 5.70 Å². The monoisotopic (exact) mass is 186 g/mol. The second kappa shape index (κ2) is 6.14. The van der Waals surface area contributed by atoms with E-state index in [4.69, 9.17) is 11.7 Å². The highest BCUT2D eigenvalue weighted by atomic mass is 31.0. The van der Waals surface area contributed by atoms with Gasteiger partial charge in [0.15, 0.2) is 5.70 Å². The second-order valence-electron chi connectivity index (χ2n) is 2.23. The first-order chi connectivity index (χ1) is 5.77. The number of hydrogen-bond acceptors (Lipinski definition) is 2. The zero-order chi connectivity index (χ0) is 9.56. The van der Waals surface area contributed by atoms with Crippen molar-refractivity contribution in [3.05, 3.63) is 22.7 Å². The summed E-state index contributed by atoms with van der Waals surface area (Å²) in [5.74, 6) is 0. The van der Waals surface area contributed by atoms with Crippen LogP contribution >= 0.6 is 9.39 Å². The Bertz CT molecular complexity index is 200. The lowest BCUT2D eigenvalue weighted by Crippen LogP contribution is -2.32. The van der Waals surface area contributed by atoms with Crippen LogP contribution in [0.2, 0.25) is 0 Å². The lowest BCUT2D eigenvalue weighted by molar-refractivity contribution is 0.326. The van der Waals surface area contributed by atoms with Crippen molar-refractivity contribution in [3.63, 3.8) is 0 Å². The van der Waals surface area contributed by atoms with Crippen LogP contribution in [0.5, 0.6) is 0 Å². The molecule has 0 bridgehead atoms. The summed E-state index contributed by atoms with van der Waals surface area (Å²) in [6.45, 7) is 12.2. The van der Waals surface area contributed by atoms with Crippen LogP contribution in [0.4, 0.5) is 0 Å². The molecule has 1 aliphatic rings. The molecule has 0 spiro atoms. The predicted molar refractivity (Wildman–Crippen MR) is 53.3 cm³/mol. The Kier molecular flexibility index (Phi) is 5.92. The minimum absolute atomic E-state index is 0.114. The van der Waals surface area contributed by atoms with Crippen LogP contribution < -0.4 is 0 Å². The van der Waals surface area contributed by atoms with E-state index in [1.54, 1.807) is 0 Å². The highest BCUT2D eigenvalue weighted by Crippen LogP contribution is 2.21. The van der Waals surface area contributed by atoms with Crippen molar-refractivity contribution in [1.82, 2.24) is 4.67 Å². The summed E-state index contributed by atoms with van der Waals surface area (Å²) in [6.07, 6.45) is 0. The Balaban J connectivity index is 0.000000561. The van der Waals surface area contributed by atoms with Crippen LogP contribution in [0.1, 0.15) is 13.8 Å². The van der Waals surface area contributed by atoms with Gasteiger partial charge >= 0.3 is 0 Å². The summed E-state index contributed by atoms with van der Waals surface area (Å²) in [6, 6.07) is 0. The smallest absolute Gasteiger partial charge is 0.192 e. The summed E-state index contributed by atoms with van der Waals surface area (Å²) in [5, 5.41) is 8.65. The minimum atomic E-state index is -0.114. The van der Waals surface area contributed by atoms with Crippen LogP contribution in [-0.2, 0) is 0 Å². The maximum Gasteiger partial charge on any atom is 0.192 e. The van der Waals surface area contributed by atoms with Gasteiger partial charge < -0.3 is 5.11 Å². The third kappa shape index (κ3) is 2.91. The molecule has 1 aliphatic heterocycles. The Morgan fingerprint density at radius 3 is 2.42 bits per heavy atom. The van der Waals surface area contributed by atoms with Gasteiger partial charge in [-0.1, -0.05) is 23.2 Å². The number of rotatable bonds is 1. The first-order valence-electron chi connectivity index (χ1n) is 3.96. The van der Waals surface area contributed by atoms with Gasteiger partial charge in [0.05, 0.1) is 13.2 Å². The van der Waals surface area contributed by atoms with E-state index in [0.717, 1.165) is 18.7 Å². The van der Waals surface area contributed by atoms with Gasteiger partial charge in [-0.15, -0.1) is 0 Å². The predicted octanol–water partition coefficient (Wildman–Crippen LogP) is 1.28. The zero-order valence-electron chi connectivity index (χ0n) is 7.54. The van der Waals surface area contributed by atoms with E-state index in [1.807, 2.05) is 18.5 Å². The largest absolute Gasteiger partial charge is 0.403 e. The van der Waals surface area contributed by atoms with Crippen molar-refractivity contribution < 1.29 is 5.11 Å². The molecule has 0 aliphatic carbocycles. The first-order valence-corrected chi connectivity index (χ1v) is 4.48. The fourth-order valence-electron chi connectivity index (χ4n) is 0.853. The molecule has 1 rings (SSSR count). The minimum Gasteiger partial charge on any atom is -0.403 e. The lowest BCUT2D eigenvalue weighted by Gasteiger charge is -2.30. The molecule has 0 radical (unpaired) electrons. The highest BCUT2D eigenvalue weighted by Gasteiger charge is 2.19. The first kappa shape index (κ1) is 11.6. The highest BCUT2D eigenvalue weighted by molar-refractivity contribution is 7.13. The molecule has 0 aromatic rings. The Morgan fingerprint density at radius 2 is 2.17 bits per heavy atom. The molecule has 0 saturated carbocycles. The fourth-order valence-corrected chi connectivity index (χ4v) is 1.29. The van der Waals surface area contributed by atoms with Crippen molar-refractivity contribution in [1.29, 1.82) is 0 Å². The molecule has 68 valence electrons. The van der Waals surface area contributed by atoms with Crippen molar-refractivity contribution in [3.8, 4) is 0 Å². The molecule has 1 unspecified atom stereocenters. The number of aliphatic hydroxyl groups excluding tert-OH is 1. The van der Waals surface area contributed by atoms with Gasteiger partial charge in [-0.2, -0.15) is 0 Å². The fraction of sp³-hybridized carbons (Fsp3) is 0.625. The number of hydrogen-bond donors (Lipinski definition) is 1. The van der Waals surface area contributed by atoms with Gasteiger partial charge in [0, 0.05) is 13.1 Å². The quantitative estimate of drug-likeness (QED) is 0.493. The second-order valence-corrected chi connectivity index (χ2v) is 2.96. The zero-order valence-corrected chi connectivity index (χ0v) is 8.70. The lowest BCUT2D eigenvalue weighted by atomic mass is 10.1. The van der Waals surface area contributed by atoms with Gasteiger partial charge in [-0.05, 0) is 5.57 Å². The number of nitrogens with zero attached hydrogens (tertiary/aromatic N) is 2. The third-order valence-corrected chi connectivity index (χ3v) is 1.85. The number of aliphatic hydroxyl groups is 1. The maximum absolute atomic E-state index is 8.65. The van der Waals surface area contributed by atoms with Crippen molar-refractivity contribution >= 4 is 9.39 Å². The molecule has 12 heavy (non-hydrogen) atoms. The SMILES string of the molecule is CC.[C-]#[N+]C(CO)=C1CN(P)C1. The Morgan fingerprint density at radius 1 is 1.67 bits per heavy atom. The van der Waals surface area contributed by atoms with Gasteiger partial charge in [0.1, 0.15) is 0 Å². The van der Waals surface area contributed by atoms with Gasteiger partial charge in [-0.3, -0.25) is 4.67 Å². The van der Waals surface area contributed by atoms with Crippen LogP contribution in [0.25, 0.3) is 4.85 Å². The molecule has 1 heterocycles. The molecule has 0 aromatic carbocycles. The van der Waals surface area contributed by atoms with Crippen LogP contribution in [-0.4, -0.2) is 29.5 Å². The summed E-state index contributed by atoms with van der Waals surface area (Å²) in [5.41, 5.74) is 1.58. The maximum atomic E-state index is 8.65. The van der Waals surface area contributed by atoms with E-state index in [1.165, 1.54) is 0 Å². The normalized spacial score (nSPS) is 15.4. The summed E-state index contributed by atoms with van der Waals surface area (Å²) < 4.78 is 2.01. The average molecular weight is 186 g/mol. The van der Waals surface area contributed by atoms with E-state index in [2.05, 4.69) is 14.2 Å². The molecule has 1 N–H and O–H groups in total. The van der Waals surface area contributed by atoms with Crippen molar-refractivity contribution in [2.24, 2.45) is 0 Å². The van der Waals surface area contributed by atoms with Crippen LogP contribution in [0.3, 0.4) is 0 Å². The van der Waals surface area contributed by atoms with Gasteiger partial charge in [-0.25, -0.2) is 4.85 Å². The molecular formula is C8H15N2OP. The van der Waals surface area contributed by atoms with Crippen molar-refractivity contribution in [2.45, 2.75) is 13.8 Å². The third-order valence-electron chi connectivity index (χ3n) is 1.48. The molecule has 0 amide bonds.